The number of aromatic nitrogens is 4. The van der Waals surface area contributed by atoms with E-state index in [1.54, 1.807) is 20.1 Å². The minimum absolute atomic E-state index is 0.0501. The van der Waals surface area contributed by atoms with Gasteiger partial charge in [0.05, 0.1) is 20.3 Å². The topological polar surface area (TPSA) is 118 Å². The van der Waals surface area contributed by atoms with Crippen molar-refractivity contribution in [2.24, 2.45) is 0 Å². The first kappa shape index (κ1) is 24.7. The molecule has 4 rings (SSSR count). The molecule has 0 spiro atoms. The molecule has 0 N–H and O–H groups in total. The number of methoxy groups -OCH3 is 1. The number of hydrogen-bond donors (Lipinski definition) is 0. The van der Waals surface area contributed by atoms with Crippen LogP contribution in [0.1, 0.15) is 26.7 Å². The van der Waals surface area contributed by atoms with Crippen LogP contribution in [0.25, 0.3) is 5.69 Å². The summed E-state index contributed by atoms with van der Waals surface area (Å²) in [6.45, 7) is 4.91. The van der Waals surface area contributed by atoms with Crippen LogP contribution >= 0.6 is 0 Å². The van der Waals surface area contributed by atoms with Crippen LogP contribution in [-0.2, 0) is 10.0 Å². The fourth-order valence-corrected chi connectivity index (χ4v) is 5.50. The zero-order valence-corrected chi connectivity index (χ0v) is 20.8. The highest BCUT2D eigenvalue weighted by Gasteiger charge is 2.33. The molecule has 2 heterocycles. The minimum Gasteiger partial charge on any atom is -0.497 e. The lowest BCUT2D eigenvalue weighted by molar-refractivity contribution is 0.135. The molecule has 1 aliphatic rings. The second-order valence-electron chi connectivity index (χ2n) is 7.78. The van der Waals surface area contributed by atoms with Gasteiger partial charge in [-0.2, -0.15) is 8.99 Å². The number of nitrogens with zero attached hydrogens (tertiary/aromatic N) is 5. The van der Waals surface area contributed by atoms with E-state index in [-0.39, 0.29) is 16.7 Å². The second-order valence-corrected chi connectivity index (χ2v) is 9.69. The monoisotopic (exact) mass is 503 g/mol. The molecule has 1 saturated heterocycles. The Kier molecular flexibility index (Phi) is 7.71. The smallest absolute Gasteiger partial charge is 0.246 e. The summed E-state index contributed by atoms with van der Waals surface area (Å²) in [5, 5.41) is 11.2. The number of rotatable bonds is 10. The van der Waals surface area contributed by atoms with Crippen molar-refractivity contribution >= 4 is 10.0 Å². The van der Waals surface area contributed by atoms with E-state index in [0.29, 0.717) is 50.6 Å². The summed E-state index contributed by atoms with van der Waals surface area (Å²) in [6.07, 6.45) is 2.46. The summed E-state index contributed by atoms with van der Waals surface area (Å²) in [4.78, 5) is 0.0501. The lowest BCUT2D eigenvalue weighted by Crippen LogP contribution is -2.41. The van der Waals surface area contributed by atoms with Crippen molar-refractivity contribution in [3.63, 3.8) is 0 Å². The van der Waals surface area contributed by atoms with Gasteiger partial charge in [0.1, 0.15) is 46.0 Å². The normalized spacial score (nSPS) is 15.1. The molecule has 3 aromatic rings. The summed E-state index contributed by atoms with van der Waals surface area (Å²) in [5.41, 5.74) is 0.492. The summed E-state index contributed by atoms with van der Waals surface area (Å²) >= 11 is 0. The van der Waals surface area contributed by atoms with Gasteiger partial charge in [-0.25, -0.2) is 8.42 Å². The van der Waals surface area contributed by atoms with Gasteiger partial charge in [-0.05, 0) is 61.4 Å². The SMILES string of the molecule is CCOc1cc(S(=O)(=O)N2CCC(Oc3ccc(OC)cc3)CC2)c(OCC)cc1-n1cnnn1. The first-order valence-corrected chi connectivity index (χ1v) is 12.9. The molecule has 11 nitrogen and oxygen atoms in total. The van der Waals surface area contributed by atoms with E-state index in [1.165, 1.54) is 21.4 Å². The highest BCUT2D eigenvalue weighted by Crippen LogP contribution is 2.37. The standard InChI is InChI=1S/C23H29N5O6S/c1-4-32-21-15-23(22(33-5-2)14-20(21)28-16-24-25-26-28)35(29,30)27-12-10-19(11-13-27)34-18-8-6-17(31-3)7-9-18/h6-9,14-16,19H,4-5,10-13H2,1-3H3. The average Bonchev–Trinajstić information content (AvgIpc) is 3.41. The van der Waals surface area contributed by atoms with Crippen LogP contribution in [0.3, 0.4) is 0 Å². The number of piperidine rings is 1. The fourth-order valence-electron chi connectivity index (χ4n) is 3.90. The number of benzene rings is 2. The van der Waals surface area contributed by atoms with Crippen LogP contribution in [0.5, 0.6) is 23.0 Å². The van der Waals surface area contributed by atoms with Crippen molar-refractivity contribution in [3.8, 4) is 28.7 Å². The number of hydrogen-bond acceptors (Lipinski definition) is 9. The van der Waals surface area contributed by atoms with Crippen molar-refractivity contribution in [2.75, 3.05) is 33.4 Å². The first-order chi connectivity index (χ1) is 17.0. The molecule has 1 fully saturated rings. The quantitative estimate of drug-likeness (QED) is 0.411. The molecule has 0 amide bonds. The Morgan fingerprint density at radius 1 is 0.971 bits per heavy atom. The van der Waals surface area contributed by atoms with Gasteiger partial charge in [-0.3, -0.25) is 0 Å². The van der Waals surface area contributed by atoms with E-state index in [2.05, 4.69) is 15.5 Å². The van der Waals surface area contributed by atoms with Crippen molar-refractivity contribution in [1.29, 1.82) is 0 Å². The largest absolute Gasteiger partial charge is 0.497 e. The van der Waals surface area contributed by atoms with Crippen molar-refractivity contribution < 1.29 is 27.4 Å². The summed E-state index contributed by atoms with van der Waals surface area (Å²) < 4.78 is 52.9. The van der Waals surface area contributed by atoms with Crippen LogP contribution in [-0.4, -0.2) is 72.4 Å². The number of ether oxygens (including phenoxy) is 4. The van der Waals surface area contributed by atoms with Gasteiger partial charge >= 0.3 is 0 Å². The molecule has 0 atom stereocenters. The van der Waals surface area contributed by atoms with Crippen molar-refractivity contribution in [1.82, 2.24) is 24.5 Å². The van der Waals surface area contributed by atoms with Gasteiger partial charge in [0.2, 0.25) is 10.0 Å². The van der Waals surface area contributed by atoms with E-state index >= 15 is 0 Å². The zero-order valence-electron chi connectivity index (χ0n) is 20.0. The molecule has 2 aromatic carbocycles. The van der Waals surface area contributed by atoms with E-state index in [9.17, 15) is 8.42 Å². The highest BCUT2D eigenvalue weighted by atomic mass is 32.2. The van der Waals surface area contributed by atoms with Crippen LogP contribution in [0.15, 0.2) is 47.6 Å². The summed E-state index contributed by atoms with van der Waals surface area (Å²) in [5.74, 6) is 2.05. The molecule has 35 heavy (non-hydrogen) atoms. The molecule has 0 bridgehead atoms. The predicted octanol–water partition coefficient (Wildman–Crippen LogP) is 2.70. The molecule has 0 radical (unpaired) electrons. The van der Waals surface area contributed by atoms with E-state index in [1.807, 2.05) is 31.2 Å². The lowest BCUT2D eigenvalue weighted by Gasteiger charge is -2.32. The van der Waals surface area contributed by atoms with E-state index < -0.39 is 10.0 Å². The molecule has 1 aromatic heterocycles. The van der Waals surface area contributed by atoms with Crippen molar-refractivity contribution in [2.45, 2.75) is 37.7 Å². The molecule has 1 aliphatic heterocycles. The minimum atomic E-state index is -3.85. The molecular weight excluding hydrogens is 474 g/mol. The van der Waals surface area contributed by atoms with Gasteiger partial charge in [0.25, 0.3) is 0 Å². The molecular formula is C23H29N5O6S. The second kappa shape index (κ2) is 10.9. The maximum atomic E-state index is 13.7. The Hall–Kier alpha value is -3.38. The van der Waals surface area contributed by atoms with Crippen LogP contribution in [0.2, 0.25) is 0 Å². The Balaban J connectivity index is 1.55. The summed E-state index contributed by atoms with van der Waals surface area (Å²) in [6, 6.07) is 10.4. The zero-order chi connectivity index (χ0) is 24.8. The van der Waals surface area contributed by atoms with Gasteiger partial charge in [-0.15, -0.1) is 5.10 Å². The number of tetrazole rings is 1. The number of sulfonamides is 1. The third kappa shape index (κ3) is 5.49. The lowest BCUT2D eigenvalue weighted by atomic mass is 10.1. The van der Waals surface area contributed by atoms with Gasteiger partial charge in [0, 0.05) is 25.2 Å². The molecule has 0 saturated carbocycles. The van der Waals surface area contributed by atoms with Crippen LogP contribution in [0, 0.1) is 0 Å². The van der Waals surface area contributed by atoms with Gasteiger partial charge < -0.3 is 18.9 Å². The third-order valence-corrected chi connectivity index (χ3v) is 7.52. The van der Waals surface area contributed by atoms with E-state index in [0.717, 1.165) is 11.5 Å². The Bertz CT molecular complexity index is 1210. The maximum absolute atomic E-state index is 13.7. The molecule has 188 valence electrons. The average molecular weight is 504 g/mol. The Morgan fingerprint density at radius 3 is 2.23 bits per heavy atom. The fraction of sp³-hybridized carbons (Fsp3) is 0.435. The first-order valence-electron chi connectivity index (χ1n) is 11.4. The predicted molar refractivity (Wildman–Crippen MR) is 127 cm³/mol. The van der Waals surface area contributed by atoms with Crippen molar-refractivity contribution in [3.05, 3.63) is 42.7 Å². The molecule has 0 unspecified atom stereocenters. The Labute approximate surface area is 204 Å². The van der Waals surface area contributed by atoms with E-state index in [4.69, 9.17) is 18.9 Å². The third-order valence-electron chi connectivity index (χ3n) is 5.60. The highest BCUT2D eigenvalue weighted by molar-refractivity contribution is 7.89. The van der Waals surface area contributed by atoms with Crippen LogP contribution < -0.4 is 18.9 Å². The summed E-state index contributed by atoms with van der Waals surface area (Å²) in [7, 11) is -2.24. The molecule has 0 aliphatic carbocycles. The maximum Gasteiger partial charge on any atom is 0.246 e. The van der Waals surface area contributed by atoms with Crippen LogP contribution in [0.4, 0.5) is 0 Å². The molecule has 12 heteroatoms. The Morgan fingerprint density at radius 2 is 1.63 bits per heavy atom. The van der Waals surface area contributed by atoms with Gasteiger partial charge in [0.15, 0.2) is 0 Å². The van der Waals surface area contributed by atoms with Gasteiger partial charge in [-0.1, -0.05) is 0 Å².